The van der Waals surface area contributed by atoms with Crippen molar-refractivity contribution in [1.29, 1.82) is 0 Å². The van der Waals surface area contributed by atoms with Gasteiger partial charge in [-0.2, -0.15) is 0 Å². The predicted octanol–water partition coefficient (Wildman–Crippen LogP) is 5.94. The molecule has 2 rings (SSSR count). The minimum atomic E-state index is -1.12. The van der Waals surface area contributed by atoms with Gasteiger partial charge in [0.1, 0.15) is 6.54 Å². The molecule has 2 aromatic rings. The first-order valence-electron chi connectivity index (χ1n) is 13.0. The summed E-state index contributed by atoms with van der Waals surface area (Å²) in [5.41, 5.74) is 3.06. The van der Waals surface area contributed by atoms with Crippen molar-refractivity contribution in [3.63, 3.8) is 0 Å². The molecule has 0 fully saturated rings. The van der Waals surface area contributed by atoms with E-state index in [1.165, 1.54) is 11.9 Å². The van der Waals surface area contributed by atoms with Crippen molar-refractivity contribution in [3.8, 4) is 0 Å². The second-order valence-corrected chi connectivity index (χ2v) is 11.5. The number of amides is 1. The zero-order valence-electron chi connectivity index (χ0n) is 23.9. The van der Waals surface area contributed by atoms with Crippen LogP contribution in [-0.4, -0.2) is 52.0 Å². The summed E-state index contributed by atoms with van der Waals surface area (Å²) < 4.78 is 0. The molecule has 202 valence electrons. The van der Waals surface area contributed by atoms with Gasteiger partial charge in [0.15, 0.2) is 5.78 Å². The van der Waals surface area contributed by atoms with Crippen LogP contribution in [0.15, 0.2) is 36.4 Å². The molecule has 0 aliphatic rings. The molecule has 1 amide bonds. The first kappa shape index (κ1) is 30.2. The lowest BCUT2D eigenvalue weighted by molar-refractivity contribution is -0.137. The molecular formula is C31H43NO5. The SMILES string of the molecule is CCC(CC)(c1ccc(C(=O)CC(C)(O)C(C)(C)C)c(C)c1)c1ccc(C(=O)N(C)CC(=O)O)c(C)c1. The second kappa shape index (κ2) is 11.2. The smallest absolute Gasteiger partial charge is 0.323 e. The summed E-state index contributed by atoms with van der Waals surface area (Å²) in [6.45, 7) is 15.2. The number of Topliss-reactive ketones (excluding diaryl/α,β-unsaturated/α-hetero) is 1. The minimum absolute atomic E-state index is 0.0500. The highest BCUT2D eigenvalue weighted by atomic mass is 16.4. The van der Waals surface area contributed by atoms with Crippen LogP contribution in [0.25, 0.3) is 0 Å². The first-order valence-corrected chi connectivity index (χ1v) is 13.0. The molecule has 2 N–H and O–H groups in total. The van der Waals surface area contributed by atoms with Crippen molar-refractivity contribution in [1.82, 2.24) is 4.90 Å². The molecule has 1 unspecified atom stereocenters. The fourth-order valence-electron chi connectivity index (χ4n) is 4.86. The van der Waals surface area contributed by atoms with E-state index in [1.54, 1.807) is 13.0 Å². The molecule has 2 aromatic carbocycles. The maximum atomic E-state index is 13.1. The van der Waals surface area contributed by atoms with E-state index in [0.717, 1.165) is 35.1 Å². The molecule has 6 heteroatoms. The molecule has 0 radical (unpaired) electrons. The van der Waals surface area contributed by atoms with Crippen LogP contribution in [-0.2, 0) is 10.2 Å². The van der Waals surface area contributed by atoms with E-state index in [2.05, 4.69) is 19.9 Å². The third-order valence-corrected chi connectivity index (χ3v) is 8.14. The van der Waals surface area contributed by atoms with Gasteiger partial charge in [0, 0.05) is 30.0 Å². The number of aliphatic hydroxyl groups is 1. The van der Waals surface area contributed by atoms with Gasteiger partial charge in [-0.15, -0.1) is 0 Å². The number of ketones is 1. The summed E-state index contributed by atoms with van der Waals surface area (Å²) in [6, 6.07) is 11.7. The van der Waals surface area contributed by atoms with E-state index in [9.17, 15) is 19.5 Å². The lowest BCUT2D eigenvalue weighted by atomic mass is 9.69. The van der Waals surface area contributed by atoms with E-state index >= 15 is 0 Å². The largest absolute Gasteiger partial charge is 0.480 e. The number of benzene rings is 2. The fraction of sp³-hybridized carbons (Fsp3) is 0.516. The van der Waals surface area contributed by atoms with Crippen LogP contribution in [0.5, 0.6) is 0 Å². The summed E-state index contributed by atoms with van der Waals surface area (Å²) in [4.78, 5) is 38.2. The molecule has 37 heavy (non-hydrogen) atoms. The molecule has 0 saturated carbocycles. The molecular weight excluding hydrogens is 466 g/mol. The van der Waals surface area contributed by atoms with Crippen molar-refractivity contribution in [2.45, 2.75) is 85.7 Å². The van der Waals surface area contributed by atoms with Crippen LogP contribution < -0.4 is 0 Å². The number of carboxylic acids is 1. The summed E-state index contributed by atoms with van der Waals surface area (Å²) in [6.07, 6.45) is 1.69. The Morgan fingerprint density at radius 1 is 0.838 bits per heavy atom. The average Bonchev–Trinajstić information content (AvgIpc) is 2.78. The topological polar surface area (TPSA) is 94.9 Å². The number of nitrogens with zero attached hydrogens (tertiary/aromatic N) is 1. The van der Waals surface area contributed by atoms with Gasteiger partial charge in [-0.05, 0) is 67.3 Å². The molecule has 6 nitrogen and oxygen atoms in total. The molecule has 0 aliphatic heterocycles. The zero-order valence-corrected chi connectivity index (χ0v) is 23.9. The fourth-order valence-corrected chi connectivity index (χ4v) is 4.86. The van der Waals surface area contributed by atoms with Crippen molar-refractivity contribution < 1.29 is 24.6 Å². The Bertz CT molecular complexity index is 1170. The van der Waals surface area contributed by atoms with E-state index in [0.29, 0.717) is 11.1 Å². The van der Waals surface area contributed by atoms with Crippen LogP contribution in [0.2, 0.25) is 0 Å². The van der Waals surface area contributed by atoms with Gasteiger partial charge in [0.05, 0.1) is 5.60 Å². The van der Waals surface area contributed by atoms with Crippen molar-refractivity contribution in [2.24, 2.45) is 5.41 Å². The number of hydrogen-bond acceptors (Lipinski definition) is 4. The maximum absolute atomic E-state index is 13.1. The molecule has 0 aromatic heterocycles. The van der Waals surface area contributed by atoms with Gasteiger partial charge in [0.25, 0.3) is 5.91 Å². The van der Waals surface area contributed by atoms with Gasteiger partial charge in [-0.3, -0.25) is 14.4 Å². The maximum Gasteiger partial charge on any atom is 0.323 e. The highest BCUT2D eigenvalue weighted by molar-refractivity contribution is 5.98. The number of rotatable bonds is 10. The Balaban J connectivity index is 2.47. The Morgan fingerprint density at radius 2 is 1.30 bits per heavy atom. The number of aryl methyl sites for hydroxylation is 2. The van der Waals surface area contributed by atoms with Gasteiger partial charge < -0.3 is 15.1 Å². The standard InChI is InChI=1S/C31H43NO5/c1-10-31(11-2,23-13-15-25(21(4)17-23)28(36)32(9)19-27(34)35)22-12-14-24(20(3)16-22)26(33)18-30(8,37)29(5,6)7/h12-17,37H,10-11,18-19H2,1-9H3,(H,34,35). The van der Waals surface area contributed by atoms with E-state index < -0.39 is 17.0 Å². The number of carbonyl (C=O) groups is 3. The molecule has 0 heterocycles. The summed E-state index contributed by atoms with van der Waals surface area (Å²) in [7, 11) is 1.48. The number of carbonyl (C=O) groups excluding carboxylic acids is 2. The molecule has 0 spiro atoms. The van der Waals surface area contributed by atoms with Crippen LogP contribution in [0.1, 0.15) is 104 Å². The van der Waals surface area contributed by atoms with Gasteiger partial charge >= 0.3 is 5.97 Å². The first-order chi connectivity index (χ1) is 17.0. The number of aliphatic carboxylic acids is 1. The number of hydrogen-bond donors (Lipinski definition) is 2. The Kier molecular flexibility index (Phi) is 9.13. The normalized spacial score (nSPS) is 13.7. The number of likely N-dealkylation sites (N-methyl/N-ethyl adjacent to an activating group) is 1. The van der Waals surface area contributed by atoms with Gasteiger partial charge in [-0.1, -0.05) is 65.0 Å². The summed E-state index contributed by atoms with van der Waals surface area (Å²) in [5.74, 6) is -1.46. The average molecular weight is 510 g/mol. The van der Waals surface area contributed by atoms with Gasteiger partial charge in [-0.25, -0.2) is 0 Å². The molecule has 0 bridgehead atoms. The highest BCUT2D eigenvalue weighted by Gasteiger charge is 2.38. The third kappa shape index (κ3) is 6.30. The van der Waals surface area contributed by atoms with Crippen molar-refractivity contribution in [2.75, 3.05) is 13.6 Å². The molecule has 0 saturated heterocycles. The quantitative estimate of drug-likeness (QED) is 0.387. The summed E-state index contributed by atoms with van der Waals surface area (Å²) in [5, 5.41) is 19.9. The highest BCUT2D eigenvalue weighted by Crippen LogP contribution is 2.41. The minimum Gasteiger partial charge on any atom is -0.480 e. The van der Waals surface area contributed by atoms with Crippen LogP contribution >= 0.6 is 0 Å². The van der Waals surface area contributed by atoms with Crippen LogP contribution in [0, 0.1) is 19.3 Å². The van der Waals surface area contributed by atoms with Crippen molar-refractivity contribution in [3.05, 3.63) is 69.8 Å². The lowest BCUT2D eigenvalue weighted by Gasteiger charge is -2.37. The molecule has 0 aliphatic carbocycles. The van der Waals surface area contributed by atoms with Crippen LogP contribution in [0.4, 0.5) is 0 Å². The number of carboxylic acid groups (broad SMARTS) is 1. The van der Waals surface area contributed by atoms with E-state index in [1.807, 2.05) is 58.9 Å². The monoisotopic (exact) mass is 509 g/mol. The van der Waals surface area contributed by atoms with E-state index in [4.69, 9.17) is 5.11 Å². The zero-order chi connectivity index (χ0) is 28.3. The third-order valence-electron chi connectivity index (χ3n) is 8.14. The molecule has 1 atom stereocenters. The Hall–Kier alpha value is -2.99. The predicted molar refractivity (Wildman–Crippen MR) is 147 cm³/mol. The van der Waals surface area contributed by atoms with Crippen molar-refractivity contribution >= 4 is 17.7 Å². The second-order valence-electron chi connectivity index (χ2n) is 11.5. The lowest BCUT2D eigenvalue weighted by Crippen LogP contribution is -2.41. The Morgan fingerprint density at radius 3 is 1.68 bits per heavy atom. The van der Waals surface area contributed by atoms with E-state index in [-0.39, 0.29) is 30.1 Å². The van der Waals surface area contributed by atoms with Gasteiger partial charge in [0.2, 0.25) is 0 Å². The summed E-state index contributed by atoms with van der Waals surface area (Å²) >= 11 is 0. The van der Waals surface area contributed by atoms with Crippen LogP contribution in [0.3, 0.4) is 0 Å². The Labute approximate surface area is 221 Å².